The number of urea groups is 1. The van der Waals surface area contributed by atoms with Crippen LogP contribution in [0.2, 0.25) is 0 Å². The molecule has 2 N–H and O–H groups in total. The summed E-state index contributed by atoms with van der Waals surface area (Å²) in [5.74, 6) is 0.772. The van der Waals surface area contributed by atoms with Crippen molar-refractivity contribution in [3.8, 4) is 5.69 Å². The monoisotopic (exact) mass is 479 g/mol. The standard InChI is InChI=1S/C23H28N10O2/c1-13(2)31-9-10-32(23(31)35)18-11-16(20(28-27-18)22(34)24-4)26-15-7-6-8-17-21(15)30(5)12-19-25-14(3)29-33(17)19/h6-8,11,13H,9-10,12H2,1-5H3,(H,24,34)(H,26,27)/i4D3. The maximum Gasteiger partial charge on any atom is 0.326 e. The Morgan fingerprint density at radius 2 is 2.03 bits per heavy atom. The highest BCUT2D eigenvalue weighted by Crippen LogP contribution is 2.38. The van der Waals surface area contributed by atoms with Crippen LogP contribution in [0.4, 0.5) is 27.7 Å². The summed E-state index contributed by atoms with van der Waals surface area (Å²) in [7, 11) is 1.92. The number of anilines is 4. The van der Waals surface area contributed by atoms with Gasteiger partial charge in [0.1, 0.15) is 5.82 Å². The van der Waals surface area contributed by atoms with E-state index >= 15 is 0 Å². The molecule has 3 amide bonds. The third-order valence-electron chi connectivity index (χ3n) is 6.10. The maximum atomic E-state index is 13.0. The lowest BCUT2D eigenvalue weighted by atomic mass is 10.1. The Labute approximate surface area is 207 Å². The third kappa shape index (κ3) is 3.80. The van der Waals surface area contributed by atoms with E-state index in [4.69, 9.17) is 4.11 Å². The molecule has 0 spiro atoms. The summed E-state index contributed by atoms with van der Waals surface area (Å²) >= 11 is 0. The van der Waals surface area contributed by atoms with E-state index in [2.05, 4.69) is 25.6 Å². The average Bonchev–Trinajstić information content (AvgIpc) is 3.39. The molecule has 35 heavy (non-hydrogen) atoms. The van der Waals surface area contributed by atoms with Crippen molar-refractivity contribution in [1.82, 2.24) is 35.2 Å². The van der Waals surface area contributed by atoms with E-state index in [0.29, 0.717) is 31.1 Å². The van der Waals surface area contributed by atoms with E-state index in [1.54, 1.807) is 9.58 Å². The zero-order valence-corrected chi connectivity index (χ0v) is 19.9. The first kappa shape index (κ1) is 19.1. The number of aryl methyl sites for hydroxylation is 1. The Bertz CT molecular complexity index is 1420. The van der Waals surface area contributed by atoms with Crippen LogP contribution in [-0.4, -0.2) is 75.0 Å². The molecule has 0 bridgehead atoms. The molecular weight excluding hydrogens is 448 g/mol. The Hall–Kier alpha value is -4.22. The number of fused-ring (bicyclic) bond motifs is 3. The van der Waals surface area contributed by atoms with Gasteiger partial charge in [0.2, 0.25) is 0 Å². The molecule has 1 aromatic carbocycles. The molecule has 5 rings (SSSR count). The van der Waals surface area contributed by atoms with Crippen molar-refractivity contribution in [2.75, 3.05) is 42.2 Å². The molecule has 0 aliphatic carbocycles. The lowest BCUT2D eigenvalue weighted by Crippen LogP contribution is -2.36. The number of para-hydroxylation sites is 1. The first-order chi connectivity index (χ1) is 17.9. The first-order valence-corrected chi connectivity index (χ1v) is 11.3. The van der Waals surface area contributed by atoms with Gasteiger partial charge in [0.05, 0.1) is 29.3 Å². The summed E-state index contributed by atoms with van der Waals surface area (Å²) in [4.78, 5) is 35.6. The van der Waals surface area contributed by atoms with E-state index in [1.807, 2.05) is 56.2 Å². The van der Waals surface area contributed by atoms with Gasteiger partial charge in [-0.1, -0.05) is 6.07 Å². The summed E-state index contributed by atoms with van der Waals surface area (Å²) in [6, 6.07) is 6.91. The normalized spacial score (nSPS) is 16.5. The van der Waals surface area contributed by atoms with Crippen LogP contribution in [0.3, 0.4) is 0 Å². The fourth-order valence-corrected chi connectivity index (χ4v) is 4.48. The van der Waals surface area contributed by atoms with Gasteiger partial charge in [-0.05, 0) is 32.9 Å². The van der Waals surface area contributed by atoms with Crippen LogP contribution in [0.15, 0.2) is 24.3 Å². The predicted octanol–water partition coefficient (Wildman–Crippen LogP) is 2.07. The molecule has 4 heterocycles. The van der Waals surface area contributed by atoms with E-state index in [0.717, 1.165) is 17.2 Å². The fraction of sp³-hybridized carbons (Fsp3) is 0.391. The second-order valence-corrected chi connectivity index (χ2v) is 8.78. The molecule has 2 aromatic heterocycles. The zero-order valence-electron chi connectivity index (χ0n) is 22.9. The molecule has 182 valence electrons. The first-order valence-electron chi connectivity index (χ1n) is 12.8. The second-order valence-electron chi connectivity index (χ2n) is 8.78. The summed E-state index contributed by atoms with van der Waals surface area (Å²) in [6.45, 7) is 4.41. The molecule has 0 radical (unpaired) electrons. The minimum absolute atomic E-state index is 0.0130. The maximum absolute atomic E-state index is 13.0. The number of hydrogen-bond acceptors (Lipinski definition) is 8. The van der Waals surface area contributed by atoms with Gasteiger partial charge in [-0.15, -0.1) is 10.2 Å². The van der Waals surface area contributed by atoms with Crippen molar-refractivity contribution >= 4 is 34.8 Å². The third-order valence-corrected chi connectivity index (χ3v) is 6.10. The van der Waals surface area contributed by atoms with E-state index < -0.39 is 12.9 Å². The van der Waals surface area contributed by atoms with E-state index in [9.17, 15) is 9.59 Å². The molecule has 0 atom stereocenters. The molecule has 1 fully saturated rings. The van der Waals surface area contributed by atoms with Gasteiger partial charge in [0.15, 0.2) is 17.3 Å². The number of benzene rings is 1. The van der Waals surface area contributed by atoms with Crippen LogP contribution in [0.25, 0.3) is 5.69 Å². The van der Waals surface area contributed by atoms with Crippen LogP contribution in [0.1, 0.15) is 40.1 Å². The van der Waals surface area contributed by atoms with Crippen LogP contribution >= 0.6 is 0 Å². The highest BCUT2D eigenvalue weighted by Gasteiger charge is 2.33. The van der Waals surface area contributed by atoms with Gasteiger partial charge in [-0.25, -0.2) is 14.5 Å². The van der Waals surface area contributed by atoms with Crippen LogP contribution in [0, 0.1) is 6.92 Å². The van der Waals surface area contributed by atoms with Crippen molar-refractivity contribution in [3.63, 3.8) is 0 Å². The molecule has 12 nitrogen and oxygen atoms in total. The quantitative estimate of drug-likeness (QED) is 0.570. The van der Waals surface area contributed by atoms with Crippen molar-refractivity contribution in [2.24, 2.45) is 0 Å². The molecule has 3 aromatic rings. The van der Waals surface area contributed by atoms with Crippen LogP contribution in [0.5, 0.6) is 0 Å². The molecular formula is C23H28N10O2. The van der Waals surface area contributed by atoms with Gasteiger partial charge in [0, 0.05) is 43.3 Å². The highest BCUT2D eigenvalue weighted by molar-refractivity contribution is 6.00. The van der Waals surface area contributed by atoms with Crippen LogP contribution < -0.4 is 20.4 Å². The lowest BCUT2D eigenvalue weighted by Gasteiger charge is -2.30. The number of carbonyl (C=O) groups is 2. The molecule has 2 aliphatic heterocycles. The van der Waals surface area contributed by atoms with Crippen molar-refractivity contribution in [3.05, 3.63) is 41.6 Å². The molecule has 12 heteroatoms. The summed E-state index contributed by atoms with van der Waals surface area (Å²) in [6.07, 6.45) is 0. The molecule has 1 saturated heterocycles. The van der Waals surface area contributed by atoms with Crippen molar-refractivity contribution < 1.29 is 13.7 Å². The van der Waals surface area contributed by atoms with Gasteiger partial charge in [-0.2, -0.15) is 5.10 Å². The van der Waals surface area contributed by atoms with Crippen LogP contribution in [-0.2, 0) is 6.54 Å². The Morgan fingerprint density at radius 3 is 2.77 bits per heavy atom. The Kier molecular flexibility index (Phi) is 4.66. The smallest absolute Gasteiger partial charge is 0.326 e. The van der Waals surface area contributed by atoms with E-state index in [1.165, 1.54) is 11.0 Å². The molecule has 2 aliphatic rings. The summed E-state index contributed by atoms with van der Waals surface area (Å²) in [5, 5.41) is 17.9. The fourth-order valence-electron chi connectivity index (χ4n) is 4.48. The predicted molar refractivity (Wildman–Crippen MR) is 131 cm³/mol. The van der Waals surface area contributed by atoms with Crippen molar-refractivity contribution in [1.29, 1.82) is 0 Å². The highest BCUT2D eigenvalue weighted by atomic mass is 16.2. The van der Waals surface area contributed by atoms with Gasteiger partial charge in [-0.3, -0.25) is 9.69 Å². The topological polar surface area (TPSA) is 124 Å². The number of nitrogens with zero attached hydrogens (tertiary/aromatic N) is 8. The largest absolute Gasteiger partial charge is 0.364 e. The molecule has 0 unspecified atom stereocenters. The Morgan fingerprint density at radius 1 is 1.20 bits per heavy atom. The lowest BCUT2D eigenvalue weighted by molar-refractivity contribution is 0.0958. The zero-order chi connectivity index (χ0) is 27.4. The van der Waals surface area contributed by atoms with Gasteiger partial charge in [0.25, 0.3) is 5.91 Å². The molecule has 0 saturated carbocycles. The second kappa shape index (κ2) is 8.53. The summed E-state index contributed by atoms with van der Waals surface area (Å²) < 4.78 is 24.1. The number of nitrogens with one attached hydrogen (secondary N) is 2. The van der Waals surface area contributed by atoms with Gasteiger partial charge >= 0.3 is 6.03 Å². The number of aromatic nitrogens is 5. The summed E-state index contributed by atoms with van der Waals surface area (Å²) in [5.41, 5.74) is 2.20. The number of rotatable bonds is 5. The SMILES string of the molecule is [2H]C([2H])([2H])NC(=O)c1nnc(N2CCN(C(C)C)C2=O)cc1Nc1cccc2c1N(C)Cc1nc(C)nn1-2. The Balaban J connectivity index is 1.57. The van der Waals surface area contributed by atoms with Crippen molar-refractivity contribution in [2.45, 2.75) is 33.4 Å². The van der Waals surface area contributed by atoms with E-state index in [-0.39, 0.29) is 29.3 Å². The number of amides is 3. The van der Waals surface area contributed by atoms with Gasteiger partial charge < -0.3 is 20.4 Å². The number of carbonyl (C=O) groups excluding carboxylic acids is 2. The minimum atomic E-state index is -2.72. The average molecular weight is 480 g/mol. The number of hydrogen-bond donors (Lipinski definition) is 2. The minimum Gasteiger partial charge on any atom is -0.364 e.